The van der Waals surface area contributed by atoms with Gasteiger partial charge in [-0.05, 0) is 56.0 Å². The summed E-state index contributed by atoms with van der Waals surface area (Å²) >= 11 is 0. The Hall–Kier alpha value is -0.0800. The van der Waals surface area contributed by atoms with E-state index in [9.17, 15) is 0 Å². The maximum absolute atomic E-state index is 5.65. The number of nitrogens with zero attached hydrogens (tertiary/aromatic N) is 1. The standard InChI is InChI=1S/C12H24N2.C2H6/c1-10(2)11-7-12(8-11)3-5-14(9-13)6-4-12;1-2/h10-11H,3-9,13H2,1-2H3;1-2H3. The normalized spacial score (nSPS) is 25.1. The maximum Gasteiger partial charge on any atom is 0.0455 e. The van der Waals surface area contributed by atoms with E-state index in [2.05, 4.69) is 18.7 Å². The summed E-state index contributed by atoms with van der Waals surface area (Å²) in [5.41, 5.74) is 6.39. The third kappa shape index (κ3) is 2.98. The van der Waals surface area contributed by atoms with Crippen LogP contribution in [0.15, 0.2) is 0 Å². The SMILES string of the molecule is CC.CC(C)C1CC2(CCN(CN)CC2)C1. The average Bonchev–Trinajstić information content (AvgIpc) is 2.28. The smallest absolute Gasteiger partial charge is 0.0455 e. The van der Waals surface area contributed by atoms with Gasteiger partial charge < -0.3 is 5.73 Å². The lowest BCUT2D eigenvalue weighted by Crippen LogP contribution is -2.49. The first kappa shape index (κ1) is 14.0. The van der Waals surface area contributed by atoms with Crippen molar-refractivity contribution in [3.63, 3.8) is 0 Å². The average molecular weight is 226 g/mol. The molecule has 1 spiro atoms. The summed E-state index contributed by atoms with van der Waals surface area (Å²) in [7, 11) is 0. The van der Waals surface area contributed by atoms with Crippen molar-refractivity contribution in [2.24, 2.45) is 23.0 Å². The quantitative estimate of drug-likeness (QED) is 0.784. The molecule has 0 amide bonds. The zero-order chi connectivity index (χ0) is 12.2. The van der Waals surface area contributed by atoms with Crippen LogP contribution in [-0.2, 0) is 0 Å². The Morgan fingerprint density at radius 2 is 1.69 bits per heavy atom. The van der Waals surface area contributed by atoms with Crippen LogP contribution in [0, 0.1) is 17.3 Å². The highest BCUT2D eigenvalue weighted by atomic mass is 15.2. The molecule has 1 heterocycles. The highest BCUT2D eigenvalue weighted by molar-refractivity contribution is 4.97. The molecule has 2 heteroatoms. The molecule has 0 radical (unpaired) electrons. The lowest BCUT2D eigenvalue weighted by molar-refractivity contribution is -0.0301. The molecule has 0 aromatic heterocycles. The third-order valence-corrected chi connectivity index (χ3v) is 4.51. The fourth-order valence-corrected chi connectivity index (χ4v) is 3.14. The van der Waals surface area contributed by atoms with Crippen LogP contribution < -0.4 is 5.73 Å². The summed E-state index contributed by atoms with van der Waals surface area (Å²) in [4.78, 5) is 2.38. The summed E-state index contributed by atoms with van der Waals surface area (Å²) in [5, 5.41) is 0. The Labute approximate surface area is 102 Å². The van der Waals surface area contributed by atoms with Crippen molar-refractivity contribution in [2.75, 3.05) is 19.8 Å². The molecule has 0 atom stereocenters. The second kappa shape index (κ2) is 6.02. The van der Waals surface area contributed by atoms with Crippen molar-refractivity contribution in [3.8, 4) is 0 Å². The molecule has 0 aromatic rings. The van der Waals surface area contributed by atoms with Crippen molar-refractivity contribution in [2.45, 2.75) is 53.4 Å². The van der Waals surface area contributed by atoms with E-state index in [4.69, 9.17) is 5.73 Å². The maximum atomic E-state index is 5.65. The molecule has 2 rings (SSSR count). The van der Waals surface area contributed by atoms with Crippen LogP contribution in [0.1, 0.15) is 53.4 Å². The highest BCUT2D eigenvalue weighted by Crippen LogP contribution is 2.54. The predicted molar refractivity (Wildman–Crippen MR) is 71.2 cm³/mol. The van der Waals surface area contributed by atoms with Crippen molar-refractivity contribution in [3.05, 3.63) is 0 Å². The minimum Gasteiger partial charge on any atom is -0.318 e. The number of likely N-dealkylation sites (tertiary alicyclic amines) is 1. The first-order valence-corrected chi connectivity index (χ1v) is 7.08. The topological polar surface area (TPSA) is 29.3 Å². The van der Waals surface area contributed by atoms with Gasteiger partial charge in [-0.25, -0.2) is 0 Å². The van der Waals surface area contributed by atoms with Crippen molar-refractivity contribution in [1.82, 2.24) is 4.90 Å². The largest absolute Gasteiger partial charge is 0.318 e. The summed E-state index contributed by atoms with van der Waals surface area (Å²) in [6.07, 6.45) is 5.77. The zero-order valence-electron chi connectivity index (χ0n) is 11.6. The van der Waals surface area contributed by atoms with Gasteiger partial charge >= 0.3 is 0 Å². The van der Waals surface area contributed by atoms with Crippen molar-refractivity contribution >= 4 is 0 Å². The number of rotatable bonds is 2. The molecule has 0 aromatic carbocycles. The van der Waals surface area contributed by atoms with E-state index >= 15 is 0 Å². The zero-order valence-corrected chi connectivity index (χ0v) is 11.6. The molecule has 2 fully saturated rings. The molecule has 0 bridgehead atoms. The summed E-state index contributed by atoms with van der Waals surface area (Å²) < 4.78 is 0. The Morgan fingerprint density at radius 3 is 2.06 bits per heavy atom. The van der Waals surface area contributed by atoms with Crippen LogP contribution >= 0.6 is 0 Å². The van der Waals surface area contributed by atoms with Gasteiger partial charge in [0.2, 0.25) is 0 Å². The lowest BCUT2D eigenvalue weighted by atomic mass is 9.55. The summed E-state index contributed by atoms with van der Waals surface area (Å²) in [6.45, 7) is 12.0. The molecule has 2 nitrogen and oxygen atoms in total. The van der Waals surface area contributed by atoms with Crippen molar-refractivity contribution < 1.29 is 0 Å². The monoisotopic (exact) mass is 226 g/mol. The summed E-state index contributed by atoms with van der Waals surface area (Å²) in [5.74, 6) is 1.91. The van der Waals surface area contributed by atoms with Gasteiger partial charge in [0.1, 0.15) is 0 Å². The van der Waals surface area contributed by atoms with Crippen LogP contribution in [0.3, 0.4) is 0 Å². The Kier molecular flexibility index (Phi) is 5.26. The fourth-order valence-electron chi connectivity index (χ4n) is 3.14. The lowest BCUT2D eigenvalue weighted by Gasteiger charge is -2.53. The van der Waals surface area contributed by atoms with E-state index in [0.29, 0.717) is 0 Å². The van der Waals surface area contributed by atoms with Gasteiger partial charge in [-0.1, -0.05) is 27.7 Å². The predicted octanol–water partition coefficient (Wildman–Crippen LogP) is 3.08. The molecule has 16 heavy (non-hydrogen) atoms. The van der Waals surface area contributed by atoms with Gasteiger partial charge in [-0.15, -0.1) is 0 Å². The van der Waals surface area contributed by atoms with E-state index in [0.717, 1.165) is 23.9 Å². The van der Waals surface area contributed by atoms with Gasteiger partial charge in [0, 0.05) is 6.67 Å². The molecule has 1 saturated carbocycles. The van der Waals surface area contributed by atoms with Crippen molar-refractivity contribution in [1.29, 1.82) is 0 Å². The van der Waals surface area contributed by atoms with E-state index in [1.165, 1.54) is 38.8 Å². The minimum atomic E-state index is 0.737. The number of hydrogen-bond donors (Lipinski definition) is 1. The molecule has 1 aliphatic heterocycles. The second-order valence-electron chi connectivity index (χ2n) is 5.71. The number of hydrogen-bond acceptors (Lipinski definition) is 2. The van der Waals surface area contributed by atoms with Crippen LogP contribution in [0.25, 0.3) is 0 Å². The van der Waals surface area contributed by atoms with Gasteiger partial charge in [-0.3, -0.25) is 4.90 Å². The molecule has 0 unspecified atom stereocenters. The van der Waals surface area contributed by atoms with E-state index in [1.54, 1.807) is 0 Å². The highest BCUT2D eigenvalue weighted by Gasteiger charge is 2.46. The van der Waals surface area contributed by atoms with E-state index in [1.807, 2.05) is 13.8 Å². The molecule has 1 saturated heterocycles. The Bertz CT molecular complexity index is 185. The first-order chi connectivity index (χ1) is 7.65. The molecular formula is C14H30N2. The molecule has 96 valence electrons. The number of piperidine rings is 1. The van der Waals surface area contributed by atoms with Crippen LogP contribution in [-0.4, -0.2) is 24.7 Å². The van der Waals surface area contributed by atoms with Crippen LogP contribution in [0.2, 0.25) is 0 Å². The minimum absolute atomic E-state index is 0.737. The molecular weight excluding hydrogens is 196 g/mol. The summed E-state index contributed by atoms with van der Waals surface area (Å²) in [6, 6.07) is 0. The molecule has 2 N–H and O–H groups in total. The second-order valence-corrected chi connectivity index (χ2v) is 5.71. The molecule has 2 aliphatic rings. The Balaban J connectivity index is 0.000000606. The fraction of sp³-hybridized carbons (Fsp3) is 1.00. The Morgan fingerprint density at radius 1 is 1.19 bits per heavy atom. The number of nitrogens with two attached hydrogens (primary N) is 1. The first-order valence-electron chi connectivity index (χ1n) is 7.08. The van der Waals surface area contributed by atoms with Gasteiger partial charge in [0.05, 0.1) is 0 Å². The van der Waals surface area contributed by atoms with E-state index < -0.39 is 0 Å². The van der Waals surface area contributed by atoms with Gasteiger partial charge in [0.15, 0.2) is 0 Å². The van der Waals surface area contributed by atoms with Crippen LogP contribution in [0.5, 0.6) is 0 Å². The van der Waals surface area contributed by atoms with E-state index in [-0.39, 0.29) is 0 Å². The third-order valence-electron chi connectivity index (χ3n) is 4.51. The van der Waals surface area contributed by atoms with Gasteiger partial charge in [0.25, 0.3) is 0 Å². The van der Waals surface area contributed by atoms with Gasteiger partial charge in [-0.2, -0.15) is 0 Å². The van der Waals surface area contributed by atoms with Crippen LogP contribution in [0.4, 0.5) is 0 Å². The molecule has 1 aliphatic carbocycles.